The molecule has 0 aliphatic heterocycles. The van der Waals surface area contributed by atoms with Crippen LogP contribution in [0, 0.1) is 11.1 Å². The molecule has 0 aromatic carbocycles. The third-order valence-electron chi connectivity index (χ3n) is 1.41. The molecule has 0 heterocycles. The molecule has 70 valence electrons. The van der Waals surface area contributed by atoms with Gasteiger partial charge < -0.3 is 0 Å². The van der Waals surface area contributed by atoms with Crippen LogP contribution in [0.4, 0.5) is 0 Å². The molecule has 0 aromatic rings. The summed E-state index contributed by atoms with van der Waals surface area (Å²) in [5, 5.41) is 0. The smallest absolute Gasteiger partial charge is 0.138 e. The number of halogens is 2. The molecular formula is C8H16I2Si2. The first-order valence-corrected chi connectivity index (χ1v) is 13.5. The highest BCUT2D eigenvalue weighted by atomic mass is 127. The third kappa shape index (κ3) is 5.99. The fourth-order valence-corrected chi connectivity index (χ4v) is 4.39. The molecule has 0 atom stereocenters. The molecule has 0 spiro atoms. The average Bonchev–Trinajstić information content (AvgIpc) is 2.02. The first kappa shape index (κ1) is 13.5. The predicted molar refractivity (Wildman–Crippen MR) is 80.5 cm³/mol. The van der Waals surface area contributed by atoms with E-state index in [1.54, 1.807) is 0 Å². The third-order valence-corrected chi connectivity index (χ3v) is 16.0. The lowest BCUT2D eigenvalue weighted by atomic mass is 11.4. The molecule has 0 radical (unpaired) electrons. The Morgan fingerprint density at radius 3 is 1.25 bits per heavy atom. The van der Waals surface area contributed by atoms with Gasteiger partial charge in [-0.2, -0.15) is 0 Å². The second-order valence-corrected chi connectivity index (χ2v) is 17.4. The van der Waals surface area contributed by atoms with Gasteiger partial charge in [0.2, 0.25) is 0 Å². The van der Waals surface area contributed by atoms with Gasteiger partial charge in [-0.05, 0) is 0 Å². The van der Waals surface area contributed by atoms with Gasteiger partial charge in [0.25, 0.3) is 0 Å². The van der Waals surface area contributed by atoms with Crippen molar-refractivity contribution in [2.45, 2.75) is 26.2 Å². The zero-order valence-corrected chi connectivity index (χ0v) is 14.5. The Kier molecular flexibility index (Phi) is 6.01. The maximum Gasteiger partial charge on any atom is 0.141 e. The predicted octanol–water partition coefficient (Wildman–Crippen LogP) is 3.43. The van der Waals surface area contributed by atoms with Crippen molar-refractivity contribution in [3.8, 4) is 11.1 Å². The van der Waals surface area contributed by atoms with Crippen LogP contribution >= 0.6 is 45.2 Å². The van der Waals surface area contributed by atoms with E-state index < -0.39 is 16.1 Å². The largest absolute Gasteiger partial charge is 0.141 e. The Hall–Kier alpha value is 1.45. The molecule has 0 fully saturated rings. The summed E-state index contributed by atoms with van der Waals surface area (Å²) in [5.74, 6) is 0. The van der Waals surface area contributed by atoms with Crippen LogP contribution in [-0.2, 0) is 0 Å². The first-order valence-electron chi connectivity index (χ1n) is 3.99. The van der Waals surface area contributed by atoms with Crippen molar-refractivity contribution in [2.24, 2.45) is 0 Å². The molecule has 0 saturated carbocycles. The number of alkyl halides is 2. The highest BCUT2D eigenvalue weighted by Crippen LogP contribution is 2.08. The van der Waals surface area contributed by atoms with Gasteiger partial charge in [-0.1, -0.05) is 71.4 Å². The van der Waals surface area contributed by atoms with E-state index in [1.165, 1.54) is 8.10 Å². The first-order chi connectivity index (χ1) is 5.33. The zero-order valence-electron chi connectivity index (χ0n) is 8.17. The van der Waals surface area contributed by atoms with Gasteiger partial charge in [0.05, 0.1) is 0 Å². The second-order valence-electron chi connectivity index (χ2n) is 4.29. The number of hydrogen-bond donors (Lipinski definition) is 0. The van der Waals surface area contributed by atoms with E-state index in [-0.39, 0.29) is 0 Å². The summed E-state index contributed by atoms with van der Waals surface area (Å²) in [6.45, 7) is 9.41. The lowest BCUT2D eigenvalue weighted by Crippen LogP contribution is -2.31. The summed E-state index contributed by atoms with van der Waals surface area (Å²) < 4.78 is 2.51. The van der Waals surface area contributed by atoms with Gasteiger partial charge in [-0.3, -0.25) is 0 Å². The molecule has 0 nitrogen and oxygen atoms in total. The van der Waals surface area contributed by atoms with E-state index in [2.05, 4.69) is 82.5 Å². The van der Waals surface area contributed by atoms with E-state index in [4.69, 9.17) is 0 Å². The standard InChI is InChI=1S/C8H16I2Si2/c1-11(2,7-9)5-6-12(3,4)8-10/h7-8H2,1-4H3. The summed E-state index contributed by atoms with van der Waals surface area (Å²) in [6.07, 6.45) is 0. The average molecular weight is 422 g/mol. The van der Waals surface area contributed by atoms with Crippen molar-refractivity contribution >= 4 is 61.3 Å². The molecular weight excluding hydrogens is 406 g/mol. The van der Waals surface area contributed by atoms with Crippen LogP contribution in [0.5, 0.6) is 0 Å². The summed E-state index contributed by atoms with van der Waals surface area (Å²) in [5.41, 5.74) is 7.08. The minimum atomic E-state index is -1.15. The maximum absolute atomic E-state index is 3.54. The Labute approximate surface area is 106 Å². The minimum absolute atomic E-state index is 1.15. The molecule has 0 N–H and O–H groups in total. The number of rotatable bonds is 2. The molecule has 12 heavy (non-hydrogen) atoms. The normalized spacial score (nSPS) is 12.2. The Morgan fingerprint density at radius 1 is 0.833 bits per heavy atom. The van der Waals surface area contributed by atoms with Gasteiger partial charge in [0.1, 0.15) is 16.1 Å². The molecule has 4 heteroatoms. The summed E-state index contributed by atoms with van der Waals surface area (Å²) in [7, 11) is -2.29. The topological polar surface area (TPSA) is 0 Å². The maximum atomic E-state index is 3.54. The highest BCUT2D eigenvalue weighted by molar-refractivity contribution is 14.1. The fourth-order valence-electron chi connectivity index (χ4n) is 0.405. The molecule has 0 rings (SSSR count). The van der Waals surface area contributed by atoms with E-state index in [1.807, 2.05) is 0 Å². The van der Waals surface area contributed by atoms with E-state index in [9.17, 15) is 0 Å². The van der Waals surface area contributed by atoms with Crippen molar-refractivity contribution in [3.05, 3.63) is 0 Å². The van der Waals surface area contributed by atoms with Crippen molar-refractivity contribution in [1.82, 2.24) is 0 Å². The van der Waals surface area contributed by atoms with Gasteiger partial charge in [0.15, 0.2) is 0 Å². The second kappa shape index (κ2) is 5.36. The van der Waals surface area contributed by atoms with E-state index in [0.717, 1.165) is 0 Å². The van der Waals surface area contributed by atoms with Crippen LogP contribution in [0.2, 0.25) is 26.2 Å². The number of hydrogen-bond acceptors (Lipinski definition) is 0. The molecule has 0 saturated heterocycles. The quantitative estimate of drug-likeness (QED) is 0.277. The van der Waals surface area contributed by atoms with Gasteiger partial charge >= 0.3 is 0 Å². The highest BCUT2D eigenvalue weighted by Gasteiger charge is 2.19. The summed E-state index contributed by atoms with van der Waals surface area (Å²) in [6, 6.07) is 0. The van der Waals surface area contributed by atoms with Crippen LogP contribution in [0.25, 0.3) is 0 Å². The van der Waals surface area contributed by atoms with Crippen molar-refractivity contribution in [2.75, 3.05) is 8.10 Å². The van der Waals surface area contributed by atoms with Gasteiger partial charge in [-0.15, -0.1) is 11.1 Å². The van der Waals surface area contributed by atoms with Gasteiger partial charge in [0, 0.05) is 8.10 Å². The van der Waals surface area contributed by atoms with Crippen LogP contribution in [-0.4, -0.2) is 24.2 Å². The lowest BCUT2D eigenvalue weighted by Gasteiger charge is -2.13. The lowest BCUT2D eigenvalue weighted by molar-refractivity contribution is 1.78. The molecule has 0 aliphatic rings. The Morgan fingerprint density at radius 2 is 1.08 bits per heavy atom. The molecule has 0 aromatic heterocycles. The van der Waals surface area contributed by atoms with Crippen LogP contribution in [0.15, 0.2) is 0 Å². The summed E-state index contributed by atoms with van der Waals surface area (Å²) in [4.78, 5) is 0. The fraction of sp³-hybridized carbons (Fsp3) is 0.750. The van der Waals surface area contributed by atoms with Crippen LogP contribution in [0.1, 0.15) is 0 Å². The Balaban J connectivity index is 4.39. The zero-order chi connectivity index (χ0) is 9.83. The molecule has 0 aliphatic carbocycles. The van der Waals surface area contributed by atoms with E-state index in [0.29, 0.717) is 0 Å². The monoisotopic (exact) mass is 422 g/mol. The SMILES string of the molecule is C[Si](C)(C#C[Si](C)(C)CI)CI. The molecule has 0 bridgehead atoms. The molecule has 0 unspecified atom stereocenters. The van der Waals surface area contributed by atoms with Crippen molar-refractivity contribution in [1.29, 1.82) is 0 Å². The van der Waals surface area contributed by atoms with E-state index >= 15 is 0 Å². The summed E-state index contributed by atoms with van der Waals surface area (Å²) >= 11 is 4.93. The van der Waals surface area contributed by atoms with Crippen molar-refractivity contribution < 1.29 is 0 Å². The molecule has 0 amide bonds. The van der Waals surface area contributed by atoms with Gasteiger partial charge in [-0.25, -0.2) is 0 Å². The van der Waals surface area contributed by atoms with Crippen LogP contribution in [0.3, 0.4) is 0 Å². The van der Waals surface area contributed by atoms with Crippen LogP contribution < -0.4 is 0 Å². The minimum Gasteiger partial charge on any atom is -0.138 e. The van der Waals surface area contributed by atoms with Crippen molar-refractivity contribution in [3.63, 3.8) is 0 Å². The Bertz CT molecular complexity index is 181.